The molecule has 2 aromatic rings. The van der Waals surface area contributed by atoms with Crippen molar-refractivity contribution in [1.29, 1.82) is 0 Å². The fourth-order valence-electron chi connectivity index (χ4n) is 3.29. The smallest absolute Gasteiger partial charge is 0.262 e. The number of ether oxygens (including phenoxy) is 3. The van der Waals surface area contributed by atoms with Crippen molar-refractivity contribution >= 4 is 21.6 Å². The van der Waals surface area contributed by atoms with Crippen molar-refractivity contribution in [1.82, 2.24) is 4.72 Å². The van der Waals surface area contributed by atoms with E-state index in [0.29, 0.717) is 22.9 Å². The molecule has 0 heterocycles. The Labute approximate surface area is 176 Å². The summed E-state index contributed by atoms with van der Waals surface area (Å²) in [6, 6.07) is 11.1. The van der Waals surface area contributed by atoms with Crippen LogP contribution in [-0.2, 0) is 14.8 Å². The number of hydrogen-bond donors (Lipinski definition) is 2. The van der Waals surface area contributed by atoms with Crippen LogP contribution in [0.5, 0.6) is 17.2 Å². The number of benzene rings is 2. The molecule has 1 saturated carbocycles. The van der Waals surface area contributed by atoms with Crippen LogP contribution in [0, 0.1) is 0 Å². The van der Waals surface area contributed by atoms with Crippen LogP contribution in [-0.4, -0.2) is 41.2 Å². The quantitative estimate of drug-likeness (QED) is 0.629. The number of nitrogens with one attached hydrogen (secondary N) is 2. The summed E-state index contributed by atoms with van der Waals surface area (Å²) in [5, 5.41) is 2.71. The molecule has 9 heteroatoms. The topological polar surface area (TPSA) is 103 Å². The first kappa shape index (κ1) is 21.9. The zero-order valence-corrected chi connectivity index (χ0v) is 17.8. The van der Waals surface area contributed by atoms with Gasteiger partial charge < -0.3 is 19.5 Å². The number of carbonyl (C=O) groups is 1. The number of carbonyl (C=O) groups excluding carboxylic acids is 1. The zero-order chi connectivity index (χ0) is 21.6. The lowest BCUT2D eigenvalue weighted by Crippen LogP contribution is -2.32. The largest absolute Gasteiger partial charge is 0.497 e. The van der Waals surface area contributed by atoms with Crippen LogP contribution in [0.25, 0.3) is 0 Å². The van der Waals surface area contributed by atoms with Gasteiger partial charge in [-0.2, -0.15) is 0 Å². The van der Waals surface area contributed by atoms with E-state index < -0.39 is 10.0 Å². The molecular weight excluding hydrogens is 408 g/mol. The van der Waals surface area contributed by atoms with E-state index in [1.807, 2.05) is 0 Å². The summed E-state index contributed by atoms with van der Waals surface area (Å²) in [4.78, 5) is 12.4. The summed E-state index contributed by atoms with van der Waals surface area (Å²) in [6.07, 6.45) is 3.83. The molecule has 0 radical (unpaired) electrons. The van der Waals surface area contributed by atoms with Gasteiger partial charge in [-0.15, -0.1) is 0 Å². The van der Waals surface area contributed by atoms with E-state index >= 15 is 0 Å². The molecule has 1 aliphatic rings. The summed E-state index contributed by atoms with van der Waals surface area (Å²) >= 11 is 0. The first-order chi connectivity index (χ1) is 14.4. The highest BCUT2D eigenvalue weighted by Gasteiger charge is 2.22. The van der Waals surface area contributed by atoms with Crippen molar-refractivity contribution < 1.29 is 27.4 Å². The second kappa shape index (κ2) is 9.82. The average Bonchev–Trinajstić information content (AvgIpc) is 3.24. The van der Waals surface area contributed by atoms with Crippen molar-refractivity contribution in [3.05, 3.63) is 42.5 Å². The molecule has 0 saturated heterocycles. The Morgan fingerprint density at radius 1 is 1.00 bits per heavy atom. The Hall–Kier alpha value is -2.78. The molecule has 1 amide bonds. The van der Waals surface area contributed by atoms with Gasteiger partial charge in [0.1, 0.15) is 17.2 Å². The van der Waals surface area contributed by atoms with Gasteiger partial charge in [0.15, 0.2) is 6.61 Å². The van der Waals surface area contributed by atoms with E-state index in [4.69, 9.17) is 14.2 Å². The second-order valence-corrected chi connectivity index (χ2v) is 8.69. The molecule has 3 rings (SSSR count). The molecule has 2 N–H and O–H groups in total. The third-order valence-corrected chi connectivity index (χ3v) is 6.40. The number of amides is 1. The van der Waals surface area contributed by atoms with Crippen LogP contribution in [0.3, 0.4) is 0 Å². The minimum absolute atomic E-state index is 0.00299. The second-order valence-electron chi connectivity index (χ2n) is 6.98. The number of sulfonamides is 1. The predicted octanol–water partition coefficient (Wildman–Crippen LogP) is 2.94. The van der Waals surface area contributed by atoms with Gasteiger partial charge in [0, 0.05) is 12.1 Å². The van der Waals surface area contributed by atoms with E-state index in [-0.39, 0.29) is 23.5 Å². The van der Waals surface area contributed by atoms with Crippen LogP contribution in [0.15, 0.2) is 47.4 Å². The summed E-state index contributed by atoms with van der Waals surface area (Å²) in [6.45, 7) is -0.243. The van der Waals surface area contributed by atoms with Gasteiger partial charge in [-0.05, 0) is 49.2 Å². The van der Waals surface area contributed by atoms with Crippen molar-refractivity contribution in [3.63, 3.8) is 0 Å². The molecule has 0 aromatic heterocycles. The van der Waals surface area contributed by atoms with Gasteiger partial charge in [0.05, 0.1) is 24.8 Å². The molecule has 0 aliphatic heterocycles. The lowest BCUT2D eigenvalue weighted by Gasteiger charge is -2.13. The zero-order valence-electron chi connectivity index (χ0n) is 17.0. The molecule has 1 aliphatic carbocycles. The number of anilines is 1. The first-order valence-corrected chi connectivity index (χ1v) is 11.2. The SMILES string of the molecule is COc1ccc(OC)c(NC(=O)COc2ccc(S(=O)(=O)NC3CCCC3)cc2)c1. The Kier molecular flexibility index (Phi) is 7.17. The molecule has 162 valence electrons. The van der Waals surface area contributed by atoms with Gasteiger partial charge in [-0.25, -0.2) is 13.1 Å². The average molecular weight is 435 g/mol. The van der Waals surface area contributed by atoms with Gasteiger partial charge in [-0.3, -0.25) is 4.79 Å². The van der Waals surface area contributed by atoms with Crippen molar-refractivity contribution in [2.45, 2.75) is 36.6 Å². The van der Waals surface area contributed by atoms with E-state index in [1.54, 1.807) is 18.2 Å². The van der Waals surface area contributed by atoms with Crippen molar-refractivity contribution in [2.24, 2.45) is 0 Å². The highest BCUT2D eigenvalue weighted by Crippen LogP contribution is 2.29. The van der Waals surface area contributed by atoms with Crippen LogP contribution in [0.2, 0.25) is 0 Å². The molecule has 0 unspecified atom stereocenters. The molecule has 1 fully saturated rings. The molecule has 0 bridgehead atoms. The van der Waals surface area contributed by atoms with Gasteiger partial charge >= 0.3 is 0 Å². The third-order valence-electron chi connectivity index (χ3n) is 4.86. The fourth-order valence-corrected chi connectivity index (χ4v) is 4.60. The maximum absolute atomic E-state index is 12.4. The monoisotopic (exact) mass is 434 g/mol. The fraction of sp³-hybridized carbons (Fsp3) is 0.381. The van der Waals surface area contributed by atoms with Gasteiger partial charge in [-0.1, -0.05) is 12.8 Å². The minimum Gasteiger partial charge on any atom is -0.497 e. The first-order valence-electron chi connectivity index (χ1n) is 9.68. The predicted molar refractivity (Wildman–Crippen MR) is 113 cm³/mol. The maximum Gasteiger partial charge on any atom is 0.262 e. The maximum atomic E-state index is 12.4. The normalized spacial score (nSPS) is 14.3. The number of hydrogen-bond acceptors (Lipinski definition) is 6. The summed E-state index contributed by atoms with van der Waals surface area (Å²) in [7, 11) is -0.521. The Bertz CT molecular complexity index is 969. The van der Waals surface area contributed by atoms with E-state index in [2.05, 4.69) is 10.0 Å². The van der Waals surface area contributed by atoms with Crippen LogP contribution in [0.1, 0.15) is 25.7 Å². The standard InChI is InChI=1S/C21H26N2O6S/c1-27-17-9-12-20(28-2)19(13-17)22-21(24)14-29-16-7-10-18(11-8-16)30(25,26)23-15-5-3-4-6-15/h7-13,15,23H,3-6,14H2,1-2H3,(H,22,24). The number of methoxy groups -OCH3 is 2. The summed E-state index contributed by atoms with van der Waals surface area (Å²) < 4.78 is 43.5. The van der Waals surface area contributed by atoms with E-state index in [0.717, 1.165) is 25.7 Å². The van der Waals surface area contributed by atoms with Gasteiger partial charge in [0.2, 0.25) is 10.0 Å². The Morgan fingerprint density at radius 3 is 2.30 bits per heavy atom. The number of rotatable bonds is 9. The lowest BCUT2D eigenvalue weighted by atomic mass is 10.2. The highest BCUT2D eigenvalue weighted by atomic mass is 32.2. The van der Waals surface area contributed by atoms with Crippen LogP contribution >= 0.6 is 0 Å². The Morgan fingerprint density at radius 2 is 1.67 bits per heavy atom. The summed E-state index contributed by atoms with van der Waals surface area (Å²) in [5.74, 6) is 1.08. The van der Waals surface area contributed by atoms with Crippen LogP contribution < -0.4 is 24.2 Å². The van der Waals surface area contributed by atoms with Crippen molar-refractivity contribution in [3.8, 4) is 17.2 Å². The van der Waals surface area contributed by atoms with Crippen LogP contribution in [0.4, 0.5) is 5.69 Å². The molecule has 2 aromatic carbocycles. The molecule has 0 spiro atoms. The van der Waals surface area contributed by atoms with Crippen molar-refractivity contribution in [2.75, 3.05) is 26.1 Å². The lowest BCUT2D eigenvalue weighted by molar-refractivity contribution is -0.118. The Balaban J connectivity index is 1.56. The molecule has 30 heavy (non-hydrogen) atoms. The summed E-state index contributed by atoms with van der Waals surface area (Å²) in [5.41, 5.74) is 0.463. The molecule has 8 nitrogen and oxygen atoms in total. The minimum atomic E-state index is -3.56. The third kappa shape index (κ3) is 5.64. The van der Waals surface area contributed by atoms with Gasteiger partial charge in [0.25, 0.3) is 5.91 Å². The molecular formula is C21H26N2O6S. The molecule has 0 atom stereocenters. The highest BCUT2D eigenvalue weighted by molar-refractivity contribution is 7.89. The van der Waals surface area contributed by atoms with E-state index in [1.165, 1.54) is 38.5 Å². The van der Waals surface area contributed by atoms with E-state index in [9.17, 15) is 13.2 Å².